The van der Waals surface area contributed by atoms with Crippen LogP contribution in [0.3, 0.4) is 0 Å². The Balaban J connectivity index is 1.76. The molecule has 0 aromatic heterocycles. The van der Waals surface area contributed by atoms with Gasteiger partial charge in [0.25, 0.3) is 0 Å². The average Bonchev–Trinajstić information content (AvgIpc) is 2.81. The van der Waals surface area contributed by atoms with Gasteiger partial charge in [0.05, 0.1) is 5.69 Å². The largest absolute Gasteiger partial charge is 0.381 e. The molecule has 4 nitrogen and oxygen atoms in total. The lowest BCUT2D eigenvalue weighted by atomic mass is 9.80. The van der Waals surface area contributed by atoms with Crippen molar-refractivity contribution >= 4 is 23.0 Å². The van der Waals surface area contributed by atoms with Gasteiger partial charge in [-0.05, 0) is 71.8 Å². The summed E-state index contributed by atoms with van der Waals surface area (Å²) in [5.74, 6) is 0.799. The van der Waals surface area contributed by atoms with E-state index in [1.807, 2.05) is 0 Å². The average molecular weight is 432 g/mol. The predicted molar refractivity (Wildman–Crippen MR) is 131 cm³/mol. The van der Waals surface area contributed by atoms with Crippen LogP contribution in [-0.2, 0) is 11.2 Å². The topological polar surface area (TPSA) is 59.3 Å². The van der Waals surface area contributed by atoms with Gasteiger partial charge >= 0.3 is 0 Å². The van der Waals surface area contributed by atoms with Crippen LogP contribution in [0.1, 0.15) is 41.0 Å². The summed E-state index contributed by atoms with van der Waals surface area (Å²) >= 11 is 4.94. The number of nitrogens with one attached hydrogen (secondary N) is 2. The number of hydrogen-bond acceptors (Lipinski definition) is 3. The fourth-order valence-electron chi connectivity index (χ4n) is 4.38. The summed E-state index contributed by atoms with van der Waals surface area (Å²) in [6, 6.07) is 28.0. The Kier molecular flexibility index (Phi) is 7.18. The van der Waals surface area contributed by atoms with Gasteiger partial charge in [-0.3, -0.25) is 10.9 Å². The van der Waals surface area contributed by atoms with Crippen LogP contribution in [0.15, 0.2) is 78.9 Å². The minimum atomic E-state index is 0.176. The number of ether oxygens (including phenoxy) is 1. The van der Waals surface area contributed by atoms with Crippen molar-refractivity contribution in [3.8, 4) is 0 Å². The van der Waals surface area contributed by atoms with Crippen LogP contribution in [-0.4, -0.2) is 18.3 Å². The Morgan fingerprint density at radius 1 is 0.935 bits per heavy atom. The van der Waals surface area contributed by atoms with E-state index in [1.54, 1.807) is 0 Å². The van der Waals surface area contributed by atoms with Gasteiger partial charge in [-0.25, -0.2) is 0 Å². The summed E-state index contributed by atoms with van der Waals surface area (Å²) in [6.07, 6.45) is 3.23. The molecule has 0 amide bonds. The second-order valence-electron chi connectivity index (χ2n) is 8.04. The maximum Gasteiger partial charge on any atom is 0.182 e. The molecule has 3 aromatic carbocycles. The summed E-state index contributed by atoms with van der Waals surface area (Å²) < 4.78 is 5.59. The summed E-state index contributed by atoms with van der Waals surface area (Å²) in [5.41, 5.74) is 17.8. The van der Waals surface area contributed by atoms with Crippen molar-refractivity contribution < 1.29 is 4.74 Å². The first kappa shape index (κ1) is 21.3. The van der Waals surface area contributed by atoms with E-state index in [1.165, 1.54) is 22.3 Å². The molecule has 4 N–H and O–H groups in total. The molecule has 0 aliphatic carbocycles. The van der Waals surface area contributed by atoms with Gasteiger partial charge in [0.1, 0.15) is 0 Å². The van der Waals surface area contributed by atoms with Crippen LogP contribution in [0.4, 0.5) is 5.69 Å². The molecule has 3 aromatic rings. The lowest BCUT2D eigenvalue weighted by Gasteiger charge is -2.27. The SMILES string of the molecule is NC(=S)NNc1ccc(C(c2ccccc2)c2ccccc2)c(CC2CCOCC2)c1. The quantitative estimate of drug-likeness (QED) is 0.279. The molecule has 1 fully saturated rings. The van der Waals surface area contributed by atoms with Gasteiger partial charge in [0.15, 0.2) is 5.11 Å². The molecular formula is C26H29N3OS. The first-order valence-electron chi connectivity index (χ1n) is 10.8. The normalized spacial score (nSPS) is 14.4. The summed E-state index contributed by atoms with van der Waals surface area (Å²) in [5, 5.41) is 0.224. The third-order valence-electron chi connectivity index (χ3n) is 5.90. The molecule has 160 valence electrons. The van der Waals surface area contributed by atoms with Crippen LogP contribution in [0.5, 0.6) is 0 Å². The second-order valence-corrected chi connectivity index (χ2v) is 8.48. The van der Waals surface area contributed by atoms with E-state index in [2.05, 4.69) is 89.7 Å². The molecule has 0 atom stereocenters. The van der Waals surface area contributed by atoms with Crippen LogP contribution >= 0.6 is 12.2 Å². The number of anilines is 1. The van der Waals surface area contributed by atoms with E-state index in [0.717, 1.165) is 38.2 Å². The standard InChI is InChI=1S/C26H29N3OS/c27-26(31)29-28-23-11-12-24(22(18-23)17-19-13-15-30-16-14-19)25(20-7-3-1-4-8-20)21-9-5-2-6-10-21/h1-12,18-19,25,28H,13-17H2,(H3,27,29,31). The Labute approximate surface area is 189 Å². The highest BCUT2D eigenvalue weighted by Gasteiger charge is 2.23. The van der Waals surface area contributed by atoms with Crippen LogP contribution in [0, 0.1) is 5.92 Å². The molecule has 31 heavy (non-hydrogen) atoms. The van der Waals surface area contributed by atoms with E-state index in [-0.39, 0.29) is 11.0 Å². The lowest BCUT2D eigenvalue weighted by molar-refractivity contribution is 0.0665. The Morgan fingerprint density at radius 3 is 2.13 bits per heavy atom. The van der Waals surface area contributed by atoms with Crippen LogP contribution in [0.2, 0.25) is 0 Å². The van der Waals surface area contributed by atoms with E-state index in [0.29, 0.717) is 5.92 Å². The Morgan fingerprint density at radius 2 is 1.55 bits per heavy atom. The molecule has 1 aliphatic heterocycles. The zero-order chi connectivity index (χ0) is 21.5. The lowest BCUT2D eigenvalue weighted by Crippen LogP contribution is -2.34. The summed E-state index contributed by atoms with van der Waals surface area (Å²) in [4.78, 5) is 0. The van der Waals surface area contributed by atoms with E-state index >= 15 is 0 Å². The molecule has 0 unspecified atom stereocenters. The first-order valence-corrected chi connectivity index (χ1v) is 11.2. The molecule has 4 rings (SSSR count). The third-order valence-corrected chi connectivity index (χ3v) is 6.00. The first-order chi connectivity index (χ1) is 15.2. The molecule has 0 spiro atoms. The molecule has 1 heterocycles. The molecular weight excluding hydrogens is 402 g/mol. The molecule has 1 aliphatic rings. The van der Waals surface area contributed by atoms with Crippen molar-refractivity contribution in [1.82, 2.24) is 5.43 Å². The highest BCUT2D eigenvalue weighted by molar-refractivity contribution is 7.80. The summed E-state index contributed by atoms with van der Waals surface area (Å²) in [6.45, 7) is 1.70. The van der Waals surface area contributed by atoms with E-state index in [9.17, 15) is 0 Å². The number of thiocarbonyl (C=S) groups is 1. The van der Waals surface area contributed by atoms with Gasteiger partial charge in [-0.1, -0.05) is 66.7 Å². The molecule has 0 saturated carbocycles. The number of hydrogen-bond donors (Lipinski definition) is 3. The summed E-state index contributed by atoms with van der Waals surface area (Å²) in [7, 11) is 0. The van der Waals surface area contributed by atoms with Crippen molar-refractivity contribution in [3.05, 3.63) is 101 Å². The monoisotopic (exact) mass is 431 g/mol. The van der Waals surface area contributed by atoms with Crippen molar-refractivity contribution in [2.75, 3.05) is 18.6 Å². The molecule has 0 bridgehead atoms. The van der Waals surface area contributed by atoms with Crippen molar-refractivity contribution in [3.63, 3.8) is 0 Å². The maximum atomic E-state index is 5.60. The zero-order valence-electron chi connectivity index (χ0n) is 17.6. The molecule has 1 saturated heterocycles. The van der Waals surface area contributed by atoms with Crippen molar-refractivity contribution in [1.29, 1.82) is 0 Å². The number of benzene rings is 3. The Hall–Kier alpha value is -2.89. The second kappa shape index (κ2) is 10.4. The van der Waals surface area contributed by atoms with E-state index in [4.69, 9.17) is 22.7 Å². The molecule has 0 radical (unpaired) electrons. The zero-order valence-corrected chi connectivity index (χ0v) is 18.4. The fourth-order valence-corrected chi connectivity index (χ4v) is 4.43. The number of rotatable bonds is 7. The maximum absolute atomic E-state index is 5.60. The minimum absolute atomic E-state index is 0.176. The number of hydrazine groups is 1. The smallest absolute Gasteiger partial charge is 0.182 e. The van der Waals surface area contributed by atoms with Crippen LogP contribution < -0.4 is 16.6 Å². The van der Waals surface area contributed by atoms with Gasteiger partial charge in [0, 0.05) is 19.1 Å². The van der Waals surface area contributed by atoms with Crippen molar-refractivity contribution in [2.24, 2.45) is 11.7 Å². The van der Waals surface area contributed by atoms with Gasteiger partial charge in [-0.15, -0.1) is 0 Å². The van der Waals surface area contributed by atoms with Gasteiger partial charge in [-0.2, -0.15) is 0 Å². The van der Waals surface area contributed by atoms with Crippen molar-refractivity contribution in [2.45, 2.75) is 25.2 Å². The van der Waals surface area contributed by atoms with Crippen LogP contribution in [0.25, 0.3) is 0 Å². The highest BCUT2D eigenvalue weighted by atomic mass is 32.1. The predicted octanol–water partition coefficient (Wildman–Crippen LogP) is 5.00. The molecule has 5 heteroatoms. The van der Waals surface area contributed by atoms with Gasteiger partial charge in [0.2, 0.25) is 0 Å². The minimum Gasteiger partial charge on any atom is -0.381 e. The van der Waals surface area contributed by atoms with Gasteiger partial charge < -0.3 is 10.5 Å². The highest BCUT2D eigenvalue weighted by Crippen LogP contribution is 2.36. The Bertz CT molecular complexity index is 949. The third kappa shape index (κ3) is 5.63. The number of nitrogens with two attached hydrogens (primary N) is 1. The fraction of sp³-hybridized carbons (Fsp3) is 0.269. The van der Waals surface area contributed by atoms with E-state index < -0.39 is 0 Å².